The Labute approximate surface area is 120 Å². The summed E-state index contributed by atoms with van der Waals surface area (Å²) in [5.74, 6) is 0.882. The smallest absolute Gasteiger partial charge is 0.289 e. The summed E-state index contributed by atoms with van der Waals surface area (Å²) in [6.07, 6.45) is 3.94. The van der Waals surface area contributed by atoms with Crippen LogP contribution in [-0.4, -0.2) is 16.3 Å². The third-order valence-electron chi connectivity index (χ3n) is 2.95. The summed E-state index contributed by atoms with van der Waals surface area (Å²) < 4.78 is 5.85. The van der Waals surface area contributed by atoms with E-state index in [9.17, 15) is 4.79 Å². The monoisotopic (exact) mass is 289 g/mol. The van der Waals surface area contributed by atoms with Crippen LogP contribution in [0.1, 0.15) is 12.5 Å². The molecule has 1 aromatic rings. The Morgan fingerprint density at radius 1 is 1.42 bits per heavy atom. The van der Waals surface area contributed by atoms with E-state index in [2.05, 4.69) is 11.4 Å². The molecule has 3 nitrogen and oxygen atoms in total. The highest BCUT2D eigenvalue weighted by Gasteiger charge is 2.24. The number of benzene rings is 1. The van der Waals surface area contributed by atoms with E-state index in [1.807, 2.05) is 37.3 Å². The summed E-state index contributed by atoms with van der Waals surface area (Å²) in [4.78, 5) is 12.5. The maximum atomic E-state index is 11.3. The van der Waals surface area contributed by atoms with Crippen molar-refractivity contribution in [2.45, 2.75) is 13.0 Å². The van der Waals surface area contributed by atoms with Crippen LogP contribution in [0.2, 0.25) is 0 Å². The largest absolute Gasteiger partial charge is 0.485 e. The molecule has 1 atom stereocenters. The second-order valence-electron chi connectivity index (χ2n) is 4.29. The number of amides is 1. The van der Waals surface area contributed by atoms with Crippen molar-refractivity contribution < 1.29 is 9.53 Å². The molecule has 2 aliphatic heterocycles. The minimum absolute atomic E-state index is 0.0542. The number of rotatable bonds is 1. The number of ether oxygens (including phenoxy) is 1. The van der Waals surface area contributed by atoms with Crippen molar-refractivity contribution in [1.82, 2.24) is 5.32 Å². The van der Waals surface area contributed by atoms with Crippen molar-refractivity contribution in [1.29, 1.82) is 0 Å². The van der Waals surface area contributed by atoms with Crippen molar-refractivity contribution in [2.24, 2.45) is 0 Å². The van der Waals surface area contributed by atoms with Crippen LogP contribution < -0.4 is 10.1 Å². The van der Waals surface area contributed by atoms with E-state index in [0.717, 1.165) is 33.6 Å². The third-order valence-corrected chi connectivity index (χ3v) is 4.23. The Morgan fingerprint density at radius 3 is 2.95 bits per heavy atom. The van der Waals surface area contributed by atoms with Crippen molar-refractivity contribution >= 4 is 40.3 Å². The third kappa shape index (κ3) is 2.43. The molecule has 2 heterocycles. The van der Waals surface area contributed by atoms with Crippen LogP contribution in [0.25, 0.3) is 6.08 Å². The Balaban J connectivity index is 1.97. The first-order chi connectivity index (χ1) is 9.13. The number of carbonyl (C=O) groups excluding carboxylic acids is 1. The van der Waals surface area contributed by atoms with E-state index in [1.165, 1.54) is 0 Å². The molecule has 0 radical (unpaired) electrons. The highest BCUT2D eigenvalue weighted by Crippen LogP contribution is 2.32. The number of carbonyl (C=O) groups is 1. The van der Waals surface area contributed by atoms with Gasteiger partial charge in [0.1, 0.15) is 16.8 Å². The Bertz CT molecular complexity index is 634. The van der Waals surface area contributed by atoms with E-state index in [1.54, 1.807) is 0 Å². The number of hydrogen-bond donors (Lipinski definition) is 1. The summed E-state index contributed by atoms with van der Waals surface area (Å²) in [5, 5.41) is 2.49. The summed E-state index contributed by atoms with van der Waals surface area (Å²) in [6.45, 7) is 1.98. The first-order valence-electron chi connectivity index (χ1n) is 5.85. The summed E-state index contributed by atoms with van der Waals surface area (Å²) in [6, 6.07) is 7.88. The number of nitrogens with one attached hydrogen (secondary N) is 1. The second kappa shape index (κ2) is 4.83. The van der Waals surface area contributed by atoms with Gasteiger partial charge in [-0.05, 0) is 42.5 Å². The standard InChI is InChI=1S/C14H11NO2S2/c1-8-10(7-12-13(18)15-14(16)19-12)6-9-4-2-3-5-11(9)17-8/h2-8H,1H3,(H,15,16,18). The normalized spacial score (nSPS) is 23.7. The number of thiocarbonyl (C=S) groups is 1. The number of para-hydroxylation sites is 1. The Hall–Kier alpha value is -1.59. The summed E-state index contributed by atoms with van der Waals surface area (Å²) in [7, 11) is 0. The van der Waals surface area contributed by atoms with Gasteiger partial charge in [0.15, 0.2) is 0 Å². The van der Waals surface area contributed by atoms with Gasteiger partial charge in [0, 0.05) is 5.56 Å². The zero-order valence-corrected chi connectivity index (χ0v) is 11.8. The van der Waals surface area contributed by atoms with Gasteiger partial charge >= 0.3 is 0 Å². The fraction of sp³-hybridized carbons (Fsp3) is 0.143. The van der Waals surface area contributed by atoms with E-state index in [-0.39, 0.29) is 11.3 Å². The quantitative estimate of drug-likeness (QED) is 0.634. The van der Waals surface area contributed by atoms with Crippen LogP contribution in [0.5, 0.6) is 5.75 Å². The first kappa shape index (κ1) is 12.4. The zero-order chi connectivity index (χ0) is 13.4. The van der Waals surface area contributed by atoms with Crippen LogP contribution >= 0.6 is 24.0 Å². The van der Waals surface area contributed by atoms with Crippen molar-refractivity contribution in [3.05, 3.63) is 46.4 Å². The second-order valence-corrected chi connectivity index (χ2v) is 5.72. The van der Waals surface area contributed by atoms with Gasteiger partial charge in [0.05, 0.1) is 4.91 Å². The maximum Gasteiger partial charge on any atom is 0.289 e. The van der Waals surface area contributed by atoms with Crippen molar-refractivity contribution in [3.8, 4) is 5.75 Å². The molecular weight excluding hydrogens is 278 g/mol. The van der Waals surface area contributed by atoms with E-state index >= 15 is 0 Å². The van der Waals surface area contributed by atoms with Crippen LogP contribution in [0.15, 0.2) is 40.8 Å². The van der Waals surface area contributed by atoms with Gasteiger partial charge in [-0.1, -0.05) is 30.4 Å². The van der Waals surface area contributed by atoms with Gasteiger partial charge in [-0.3, -0.25) is 4.79 Å². The molecule has 1 unspecified atom stereocenters. The number of thioether (sulfide) groups is 1. The average molecular weight is 289 g/mol. The van der Waals surface area contributed by atoms with Gasteiger partial charge in [-0.15, -0.1) is 0 Å². The fourth-order valence-corrected chi connectivity index (χ4v) is 3.03. The van der Waals surface area contributed by atoms with Gasteiger partial charge in [-0.25, -0.2) is 0 Å². The molecule has 19 heavy (non-hydrogen) atoms. The van der Waals surface area contributed by atoms with Gasteiger partial charge in [0.2, 0.25) is 0 Å². The van der Waals surface area contributed by atoms with Crippen LogP contribution in [0, 0.1) is 0 Å². The lowest BCUT2D eigenvalue weighted by Gasteiger charge is -2.23. The van der Waals surface area contributed by atoms with Crippen LogP contribution in [0.3, 0.4) is 0 Å². The molecule has 2 aliphatic rings. The minimum atomic E-state index is -0.123. The molecule has 0 aliphatic carbocycles. The molecule has 96 valence electrons. The van der Waals surface area contributed by atoms with E-state index in [4.69, 9.17) is 17.0 Å². The SMILES string of the molecule is CC1Oc2ccccc2C=C1C=C1SC(=O)NC1=S. The molecule has 1 N–H and O–H groups in total. The van der Waals surface area contributed by atoms with Crippen LogP contribution in [0.4, 0.5) is 4.79 Å². The predicted octanol–water partition coefficient (Wildman–Crippen LogP) is 3.52. The van der Waals surface area contributed by atoms with Crippen LogP contribution in [-0.2, 0) is 0 Å². The van der Waals surface area contributed by atoms with Gasteiger partial charge < -0.3 is 10.1 Å². The van der Waals surface area contributed by atoms with Gasteiger partial charge in [-0.2, -0.15) is 0 Å². The maximum absolute atomic E-state index is 11.3. The van der Waals surface area contributed by atoms with E-state index in [0.29, 0.717) is 4.99 Å². The minimum Gasteiger partial charge on any atom is -0.485 e. The average Bonchev–Trinajstić information content (AvgIpc) is 2.69. The number of fused-ring (bicyclic) bond motifs is 1. The lowest BCUT2D eigenvalue weighted by Crippen LogP contribution is -2.19. The van der Waals surface area contributed by atoms with E-state index < -0.39 is 0 Å². The first-order valence-corrected chi connectivity index (χ1v) is 7.08. The fourth-order valence-electron chi connectivity index (χ4n) is 1.99. The molecule has 0 bridgehead atoms. The van der Waals surface area contributed by atoms with Crippen molar-refractivity contribution in [2.75, 3.05) is 0 Å². The number of hydrogen-bond acceptors (Lipinski definition) is 4. The molecule has 0 spiro atoms. The molecule has 1 saturated heterocycles. The Morgan fingerprint density at radius 2 is 2.21 bits per heavy atom. The lowest BCUT2D eigenvalue weighted by molar-refractivity contribution is 0.257. The molecule has 0 saturated carbocycles. The molecular formula is C14H11NO2S2. The molecule has 1 amide bonds. The molecule has 1 fully saturated rings. The zero-order valence-electron chi connectivity index (χ0n) is 10.2. The summed E-state index contributed by atoms with van der Waals surface area (Å²) >= 11 is 6.24. The summed E-state index contributed by atoms with van der Waals surface area (Å²) in [5.41, 5.74) is 2.06. The molecule has 0 aromatic heterocycles. The highest BCUT2D eigenvalue weighted by molar-refractivity contribution is 8.19. The van der Waals surface area contributed by atoms with Gasteiger partial charge in [0.25, 0.3) is 5.24 Å². The van der Waals surface area contributed by atoms with Crippen molar-refractivity contribution in [3.63, 3.8) is 0 Å². The lowest BCUT2D eigenvalue weighted by atomic mass is 10.0. The topological polar surface area (TPSA) is 38.3 Å². The highest BCUT2D eigenvalue weighted by atomic mass is 32.2. The molecule has 3 rings (SSSR count). The Kier molecular flexibility index (Phi) is 3.16. The molecule has 1 aromatic carbocycles. The predicted molar refractivity (Wildman–Crippen MR) is 81.3 cm³/mol. The molecule has 5 heteroatoms.